The van der Waals surface area contributed by atoms with Gasteiger partial charge in [-0.1, -0.05) is 0 Å². The number of nitriles is 1. The van der Waals surface area contributed by atoms with Gasteiger partial charge in [-0.05, 0) is 30.2 Å². The molecule has 0 atom stereocenters. The van der Waals surface area contributed by atoms with Crippen molar-refractivity contribution < 1.29 is 13.9 Å². The van der Waals surface area contributed by atoms with Crippen LogP contribution in [0.5, 0.6) is 0 Å². The van der Waals surface area contributed by atoms with Crippen molar-refractivity contribution in [2.24, 2.45) is 0 Å². The first-order chi connectivity index (χ1) is 8.12. The first kappa shape index (κ1) is 13.5. The zero-order valence-corrected chi connectivity index (χ0v) is 10.1. The summed E-state index contributed by atoms with van der Waals surface area (Å²) in [5.74, 6) is -0.970. The molecule has 0 N–H and O–H groups in total. The molecule has 0 bridgehead atoms. The van der Waals surface area contributed by atoms with Gasteiger partial charge in [0.25, 0.3) is 0 Å². The molecule has 0 fully saturated rings. The van der Waals surface area contributed by atoms with Crippen molar-refractivity contribution in [2.75, 3.05) is 6.61 Å². The van der Waals surface area contributed by atoms with Crippen LogP contribution in [-0.2, 0) is 21.8 Å². The van der Waals surface area contributed by atoms with Crippen LogP contribution in [0.25, 0.3) is 0 Å². The highest BCUT2D eigenvalue weighted by molar-refractivity contribution is 6.17. The maximum Gasteiger partial charge on any atom is 0.310 e. The molecular formula is C12H11ClFNO2. The second-order valence-corrected chi connectivity index (χ2v) is 3.60. The number of carbonyl (C=O) groups excluding carboxylic acids is 1. The van der Waals surface area contributed by atoms with E-state index in [4.69, 9.17) is 21.6 Å². The van der Waals surface area contributed by atoms with Crippen molar-refractivity contribution in [1.82, 2.24) is 0 Å². The summed E-state index contributed by atoms with van der Waals surface area (Å²) in [5.41, 5.74) is 0.922. The Kier molecular flexibility index (Phi) is 4.92. The van der Waals surface area contributed by atoms with Crippen molar-refractivity contribution in [2.45, 2.75) is 19.2 Å². The molecule has 17 heavy (non-hydrogen) atoms. The molecule has 1 aromatic carbocycles. The molecule has 1 aromatic rings. The van der Waals surface area contributed by atoms with Gasteiger partial charge in [0.05, 0.1) is 18.6 Å². The zero-order chi connectivity index (χ0) is 12.8. The van der Waals surface area contributed by atoms with Gasteiger partial charge < -0.3 is 4.74 Å². The lowest BCUT2D eigenvalue weighted by Crippen LogP contribution is -2.09. The summed E-state index contributed by atoms with van der Waals surface area (Å²) in [6.07, 6.45) is -0.00907. The molecule has 0 spiro atoms. The maximum atomic E-state index is 13.3. The van der Waals surface area contributed by atoms with Crippen molar-refractivity contribution in [3.63, 3.8) is 0 Å². The largest absolute Gasteiger partial charge is 0.466 e. The van der Waals surface area contributed by atoms with Gasteiger partial charge in [-0.15, -0.1) is 11.6 Å². The molecule has 0 saturated heterocycles. The van der Waals surface area contributed by atoms with Crippen LogP contribution in [0.4, 0.5) is 4.39 Å². The zero-order valence-electron chi connectivity index (χ0n) is 9.30. The quantitative estimate of drug-likeness (QED) is 0.614. The molecule has 0 aliphatic rings. The SMILES string of the molecule is CCOC(=O)Cc1cc(C#N)c(F)cc1CCl. The molecule has 0 heterocycles. The van der Waals surface area contributed by atoms with Crippen LogP contribution in [0.15, 0.2) is 12.1 Å². The topological polar surface area (TPSA) is 50.1 Å². The van der Waals surface area contributed by atoms with Crippen molar-refractivity contribution >= 4 is 17.6 Å². The van der Waals surface area contributed by atoms with Gasteiger partial charge in [0.1, 0.15) is 11.9 Å². The summed E-state index contributed by atoms with van der Waals surface area (Å²) in [5, 5.41) is 8.70. The molecule has 0 radical (unpaired) electrons. The third-order valence-electron chi connectivity index (χ3n) is 2.19. The van der Waals surface area contributed by atoms with Gasteiger partial charge in [0, 0.05) is 5.88 Å². The van der Waals surface area contributed by atoms with Gasteiger partial charge >= 0.3 is 5.97 Å². The van der Waals surface area contributed by atoms with Crippen molar-refractivity contribution in [3.8, 4) is 6.07 Å². The number of hydrogen-bond acceptors (Lipinski definition) is 3. The minimum atomic E-state index is -0.629. The summed E-state index contributed by atoms with van der Waals surface area (Å²) in [4.78, 5) is 11.3. The van der Waals surface area contributed by atoms with E-state index in [-0.39, 0.29) is 24.5 Å². The third-order valence-corrected chi connectivity index (χ3v) is 2.48. The molecule has 5 heteroatoms. The fraction of sp³-hybridized carbons (Fsp3) is 0.333. The van der Waals surface area contributed by atoms with Crippen LogP contribution in [-0.4, -0.2) is 12.6 Å². The predicted octanol–water partition coefficient (Wildman–Crippen LogP) is 2.54. The Hall–Kier alpha value is -1.60. The molecule has 0 aliphatic heterocycles. The average molecular weight is 256 g/mol. The molecule has 0 aromatic heterocycles. The van der Waals surface area contributed by atoms with E-state index in [9.17, 15) is 9.18 Å². The lowest BCUT2D eigenvalue weighted by atomic mass is 10.0. The molecule has 90 valence electrons. The third kappa shape index (κ3) is 3.43. The van der Waals surface area contributed by atoms with Crippen molar-refractivity contribution in [3.05, 3.63) is 34.6 Å². The second kappa shape index (κ2) is 6.21. The standard InChI is InChI=1S/C12H11ClFNO2/c1-2-17-12(16)5-8-3-10(7-15)11(14)4-9(8)6-13/h3-4H,2,5-6H2,1H3. The van der Waals surface area contributed by atoms with Crippen LogP contribution in [0.1, 0.15) is 23.6 Å². The van der Waals surface area contributed by atoms with Crippen LogP contribution in [0.3, 0.4) is 0 Å². The molecule has 3 nitrogen and oxygen atoms in total. The fourth-order valence-electron chi connectivity index (χ4n) is 1.40. The first-order valence-electron chi connectivity index (χ1n) is 5.05. The van der Waals surface area contributed by atoms with E-state index in [0.29, 0.717) is 11.1 Å². The summed E-state index contributed by atoms with van der Waals surface area (Å²) >= 11 is 5.66. The van der Waals surface area contributed by atoms with Crippen LogP contribution < -0.4 is 0 Å². The number of halogens is 2. The summed E-state index contributed by atoms with van der Waals surface area (Å²) in [6.45, 7) is 1.98. The van der Waals surface area contributed by atoms with Gasteiger partial charge in [0.15, 0.2) is 0 Å². The molecule has 1 rings (SSSR count). The summed E-state index contributed by atoms with van der Waals surface area (Å²) in [7, 11) is 0. The maximum absolute atomic E-state index is 13.3. The van der Waals surface area contributed by atoms with Crippen LogP contribution in [0, 0.1) is 17.1 Å². The Bertz CT molecular complexity index is 468. The van der Waals surface area contributed by atoms with Crippen LogP contribution >= 0.6 is 11.6 Å². The highest BCUT2D eigenvalue weighted by Gasteiger charge is 2.12. The highest BCUT2D eigenvalue weighted by atomic mass is 35.5. The summed E-state index contributed by atoms with van der Waals surface area (Å²) in [6, 6.07) is 4.24. The minimum absolute atomic E-state index is 0.00907. The fourth-order valence-corrected chi connectivity index (χ4v) is 1.65. The number of benzene rings is 1. The second-order valence-electron chi connectivity index (χ2n) is 3.33. The Morgan fingerprint density at radius 3 is 2.76 bits per heavy atom. The minimum Gasteiger partial charge on any atom is -0.466 e. The Morgan fingerprint density at radius 2 is 2.24 bits per heavy atom. The van der Waals surface area contributed by atoms with Gasteiger partial charge in [-0.3, -0.25) is 4.79 Å². The summed E-state index contributed by atoms with van der Waals surface area (Å²) < 4.78 is 18.1. The number of alkyl halides is 1. The molecule has 0 amide bonds. The smallest absolute Gasteiger partial charge is 0.310 e. The number of hydrogen-bond donors (Lipinski definition) is 0. The Labute approximate surface area is 104 Å². The molecular weight excluding hydrogens is 245 g/mol. The van der Waals surface area contributed by atoms with Crippen molar-refractivity contribution in [1.29, 1.82) is 5.26 Å². The van der Waals surface area contributed by atoms with E-state index in [2.05, 4.69) is 0 Å². The Balaban J connectivity index is 3.05. The highest BCUT2D eigenvalue weighted by Crippen LogP contribution is 2.18. The number of carbonyl (C=O) groups is 1. The molecule has 0 aliphatic carbocycles. The number of ether oxygens (including phenoxy) is 1. The Morgan fingerprint density at radius 1 is 1.53 bits per heavy atom. The van der Waals surface area contributed by atoms with E-state index in [0.717, 1.165) is 0 Å². The van der Waals surface area contributed by atoms with Gasteiger partial charge in [-0.25, -0.2) is 4.39 Å². The first-order valence-corrected chi connectivity index (χ1v) is 5.58. The van der Waals surface area contributed by atoms with E-state index in [1.54, 1.807) is 13.0 Å². The monoisotopic (exact) mass is 255 g/mol. The predicted molar refractivity (Wildman–Crippen MR) is 61.0 cm³/mol. The van der Waals surface area contributed by atoms with Gasteiger partial charge in [0.2, 0.25) is 0 Å². The van der Waals surface area contributed by atoms with E-state index < -0.39 is 11.8 Å². The number of rotatable bonds is 4. The number of nitrogens with zero attached hydrogens (tertiary/aromatic N) is 1. The van der Waals surface area contributed by atoms with Crippen LogP contribution in [0.2, 0.25) is 0 Å². The van der Waals surface area contributed by atoms with E-state index in [1.165, 1.54) is 12.1 Å². The average Bonchev–Trinajstić information content (AvgIpc) is 2.31. The van der Waals surface area contributed by atoms with E-state index >= 15 is 0 Å². The normalized spacial score (nSPS) is 9.76. The lowest BCUT2D eigenvalue weighted by Gasteiger charge is -2.08. The number of esters is 1. The van der Waals surface area contributed by atoms with Gasteiger partial charge in [-0.2, -0.15) is 5.26 Å². The lowest BCUT2D eigenvalue weighted by molar-refractivity contribution is -0.142. The van der Waals surface area contributed by atoms with E-state index in [1.807, 2.05) is 0 Å². The molecule has 0 saturated carbocycles. The molecule has 0 unspecified atom stereocenters.